The van der Waals surface area contributed by atoms with Crippen LogP contribution < -0.4 is 0 Å². The first kappa shape index (κ1) is 14.6. The number of halogens is 4. The summed E-state index contributed by atoms with van der Waals surface area (Å²) < 4.78 is 39.1. The number of hydrogen-bond acceptors (Lipinski definition) is 1. The molecule has 0 saturated heterocycles. The molecular weight excluding hydrogens is 289 g/mol. The normalized spacial score (nSPS) is 10.6. The minimum atomic E-state index is -0.739. The Hall–Kier alpha value is -1.81. The van der Waals surface area contributed by atoms with Crippen LogP contribution in [0.4, 0.5) is 13.2 Å². The summed E-state index contributed by atoms with van der Waals surface area (Å²) in [5, 5.41) is 0.283. The maximum Gasteiger partial charge on any atom is 0.141 e. The minimum Gasteiger partial charge on any atom is -0.299 e. The zero-order valence-electron chi connectivity index (χ0n) is 10.3. The third kappa shape index (κ3) is 3.84. The lowest BCUT2D eigenvalue weighted by Crippen LogP contribution is -2.08. The van der Waals surface area contributed by atoms with E-state index < -0.39 is 17.5 Å². The van der Waals surface area contributed by atoms with E-state index in [-0.39, 0.29) is 29.2 Å². The topological polar surface area (TPSA) is 17.1 Å². The van der Waals surface area contributed by atoms with Gasteiger partial charge in [-0.2, -0.15) is 0 Å². The zero-order chi connectivity index (χ0) is 14.7. The molecule has 2 aromatic rings. The van der Waals surface area contributed by atoms with Crippen LogP contribution in [0.1, 0.15) is 11.1 Å². The molecule has 0 fully saturated rings. The smallest absolute Gasteiger partial charge is 0.141 e. The summed E-state index contributed by atoms with van der Waals surface area (Å²) in [6.07, 6.45) is -0.226. The molecule has 0 atom stereocenters. The molecule has 20 heavy (non-hydrogen) atoms. The minimum absolute atomic E-state index is 0.0886. The van der Waals surface area contributed by atoms with Gasteiger partial charge in [-0.1, -0.05) is 11.6 Å². The van der Waals surface area contributed by atoms with Gasteiger partial charge in [-0.05, 0) is 41.5 Å². The van der Waals surface area contributed by atoms with Gasteiger partial charge in [0.15, 0.2) is 0 Å². The third-order valence-corrected chi connectivity index (χ3v) is 3.09. The highest BCUT2D eigenvalue weighted by Crippen LogP contribution is 2.18. The van der Waals surface area contributed by atoms with Crippen molar-refractivity contribution in [3.63, 3.8) is 0 Å². The van der Waals surface area contributed by atoms with Crippen molar-refractivity contribution in [2.24, 2.45) is 0 Å². The van der Waals surface area contributed by atoms with Gasteiger partial charge in [-0.25, -0.2) is 13.2 Å². The second-order valence-corrected chi connectivity index (χ2v) is 4.81. The van der Waals surface area contributed by atoms with Gasteiger partial charge in [0.1, 0.15) is 23.2 Å². The Kier molecular flexibility index (Phi) is 4.45. The Bertz CT molecular complexity index is 635. The van der Waals surface area contributed by atoms with Gasteiger partial charge in [-0.3, -0.25) is 4.79 Å². The highest BCUT2D eigenvalue weighted by Gasteiger charge is 2.11. The van der Waals surface area contributed by atoms with Crippen LogP contribution in [0.15, 0.2) is 36.4 Å². The number of benzene rings is 2. The lowest BCUT2D eigenvalue weighted by molar-refractivity contribution is -0.117. The summed E-state index contributed by atoms with van der Waals surface area (Å²) >= 11 is 5.85. The standard InChI is InChI=1S/C15H10ClF3O/c16-15-2-1-11(17)6-10(15)7-14(20)5-9-3-12(18)8-13(19)4-9/h1-4,6,8H,5,7H2. The summed E-state index contributed by atoms with van der Waals surface area (Å²) in [4.78, 5) is 11.8. The highest BCUT2D eigenvalue weighted by atomic mass is 35.5. The Labute approximate surface area is 119 Å². The molecule has 0 spiro atoms. The molecule has 2 rings (SSSR count). The van der Waals surface area contributed by atoms with Gasteiger partial charge in [0.05, 0.1) is 0 Å². The lowest BCUT2D eigenvalue weighted by atomic mass is 10.0. The molecule has 0 aliphatic rings. The van der Waals surface area contributed by atoms with E-state index in [1.54, 1.807) is 0 Å². The summed E-state index contributed by atoms with van der Waals surface area (Å²) in [5.74, 6) is -2.27. The second kappa shape index (κ2) is 6.09. The summed E-state index contributed by atoms with van der Waals surface area (Å²) in [5.41, 5.74) is 0.591. The fourth-order valence-electron chi connectivity index (χ4n) is 1.89. The van der Waals surface area contributed by atoms with Crippen LogP contribution in [0.2, 0.25) is 5.02 Å². The van der Waals surface area contributed by atoms with Crippen LogP contribution in [-0.2, 0) is 17.6 Å². The molecule has 0 saturated carbocycles. The van der Waals surface area contributed by atoms with E-state index in [1.807, 2.05) is 0 Å². The van der Waals surface area contributed by atoms with Gasteiger partial charge < -0.3 is 0 Å². The van der Waals surface area contributed by atoms with E-state index >= 15 is 0 Å². The Morgan fingerprint density at radius 2 is 1.55 bits per heavy atom. The molecule has 0 aliphatic heterocycles. The zero-order valence-corrected chi connectivity index (χ0v) is 11.1. The average molecular weight is 299 g/mol. The number of Topliss-reactive ketones (excluding diaryl/α,β-unsaturated/α-hetero) is 1. The number of ketones is 1. The van der Waals surface area contributed by atoms with E-state index in [1.165, 1.54) is 18.2 Å². The predicted molar refractivity (Wildman–Crippen MR) is 70.2 cm³/mol. The molecule has 0 radical (unpaired) electrons. The van der Waals surface area contributed by atoms with Crippen LogP contribution in [0, 0.1) is 17.5 Å². The largest absolute Gasteiger partial charge is 0.299 e. The number of carbonyl (C=O) groups excluding carboxylic acids is 1. The van der Waals surface area contributed by atoms with Gasteiger partial charge in [0.25, 0.3) is 0 Å². The van der Waals surface area contributed by atoms with E-state index in [0.29, 0.717) is 5.56 Å². The SMILES string of the molecule is O=C(Cc1cc(F)cc(F)c1)Cc1cc(F)ccc1Cl. The molecule has 0 heterocycles. The molecule has 0 unspecified atom stereocenters. The molecule has 5 heteroatoms. The van der Waals surface area contributed by atoms with Gasteiger partial charge in [0.2, 0.25) is 0 Å². The number of hydrogen-bond donors (Lipinski definition) is 0. The first-order valence-electron chi connectivity index (χ1n) is 5.84. The maximum atomic E-state index is 13.1. The Balaban J connectivity index is 2.11. The van der Waals surface area contributed by atoms with Crippen LogP contribution in [0.25, 0.3) is 0 Å². The quantitative estimate of drug-likeness (QED) is 0.830. The summed E-state index contributed by atoms with van der Waals surface area (Å²) in [6.45, 7) is 0. The third-order valence-electron chi connectivity index (χ3n) is 2.72. The molecule has 0 amide bonds. The molecule has 0 aromatic heterocycles. The van der Waals surface area contributed by atoms with Crippen LogP contribution in [0.5, 0.6) is 0 Å². The van der Waals surface area contributed by atoms with Crippen LogP contribution in [0.3, 0.4) is 0 Å². The number of carbonyl (C=O) groups is 1. The van der Waals surface area contributed by atoms with Crippen molar-refractivity contribution in [2.75, 3.05) is 0 Å². The van der Waals surface area contributed by atoms with Gasteiger partial charge >= 0.3 is 0 Å². The molecule has 0 bridgehead atoms. The van der Waals surface area contributed by atoms with E-state index in [4.69, 9.17) is 11.6 Å². The van der Waals surface area contributed by atoms with Crippen molar-refractivity contribution >= 4 is 17.4 Å². The van der Waals surface area contributed by atoms with Crippen molar-refractivity contribution in [1.29, 1.82) is 0 Å². The van der Waals surface area contributed by atoms with E-state index in [2.05, 4.69) is 0 Å². The predicted octanol–water partition coefficient (Wildman–Crippen LogP) is 4.11. The monoisotopic (exact) mass is 298 g/mol. The van der Waals surface area contributed by atoms with Crippen LogP contribution in [-0.4, -0.2) is 5.78 Å². The van der Waals surface area contributed by atoms with Gasteiger partial charge in [-0.15, -0.1) is 0 Å². The Morgan fingerprint density at radius 3 is 2.20 bits per heavy atom. The highest BCUT2D eigenvalue weighted by molar-refractivity contribution is 6.31. The van der Waals surface area contributed by atoms with E-state index in [0.717, 1.165) is 18.2 Å². The molecule has 2 aromatic carbocycles. The average Bonchev–Trinajstić information content (AvgIpc) is 2.32. The van der Waals surface area contributed by atoms with E-state index in [9.17, 15) is 18.0 Å². The van der Waals surface area contributed by atoms with Gasteiger partial charge in [0, 0.05) is 23.9 Å². The molecule has 0 N–H and O–H groups in total. The van der Waals surface area contributed by atoms with Crippen molar-refractivity contribution in [1.82, 2.24) is 0 Å². The van der Waals surface area contributed by atoms with Crippen LogP contribution >= 0.6 is 11.6 Å². The molecule has 104 valence electrons. The first-order chi connectivity index (χ1) is 9.44. The fourth-order valence-corrected chi connectivity index (χ4v) is 2.08. The summed E-state index contributed by atoms with van der Waals surface area (Å²) in [6, 6.07) is 6.64. The Morgan fingerprint density at radius 1 is 0.900 bits per heavy atom. The summed E-state index contributed by atoms with van der Waals surface area (Å²) in [7, 11) is 0. The first-order valence-corrected chi connectivity index (χ1v) is 6.22. The lowest BCUT2D eigenvalue weighted by Gasteiger charge is -2.05. The number of rotatable bonds is 4. The molecular formula is C15H10ClF3O. The van der Waals surface area contributed by atoms with Crippen molar-refractivity contribution < 1.29 is 18.0 Å². The molecule has 1 nitrogen and oxygen atoms in total. The maximum absolute atomic E-state index is 13.1. The molecule has 0 aliphatic carbocycles. The van der Waals surface area contributed by atoms with Crippen molar-refractivity contribution in [3.05, 3.63) is 70.0 Å². The van der Waals surface area contributed by atoms with Crippen molar-refractivity contribution in [2.45, 2.75) is 12.8 Å². The van der Waals surface area contributed by atoms with Crippen molar-refractivity contribution in [3.8, 4) is 0 Å². The fraction of sp³-hybridized carbons (Fsp3) is 0.133. The second-order valence-electron chi connectivity index (χ2n) is 4.41.